The smallest absolute Gasteiger partial charge is 0.466 e. The summed E-state index contributed by atoms with van der Waals surface area (Å²) in [5, 5.41) is 13.1. The van der Waals surface area contributed by atoms with Crippen LogP contribution in [0.5, 0.6) is 17.2 Å². The maximum absolute atomic E-state index is 13.7. The van der Waals surface area contributed by atoms with Crippen LogP contribution < -0.4 is 26.1 Å². The lowest BCUT2D eigenvalue weighted by Crippen LogP contribution is -2.52. The zero-order chi connectivity index (χ0) is 36.1. The van der Waals surface area contributed by atoms with Crippen molar-refractivity contribution < 1.29 is 43.4 Å². The van der Waals surface area contributed by atoms with E-state index in [1.807, 2.05) is 18.2 Å². The molecule has 5 aromatic rings. The summed E-state index contributed by atoms with van der Waals surface area (Å²) in [6.07, 6.45) is 3.09. The number of nitrogens with zero attached hydrogens (tertiary/aromatic N) is 4. The standard InChI is InChI=1S/C32H32N6O6.H3O4P/c1-19(32(3,33)31(41)42)18-37-20(2)28(30(40)38(37)21-8-6-5-7-9-21)29(39)36-27-13-11-23(17-35-27)44-26-14-15-34-25-16-22(43-4)10-12-24(25)26;1-5(2,3)4/h5-17,19H,18,33H2,1-4H3,(H,41,42)(H,35,36,39);(H3,1,2,3,4)/t19-,32+;/m1./s1. The van der Waals surface area contributed by atoms with Gasteiger partial charge in [-0.05, 0) is 56.3 Å². The molecule has 0 fully saturated rings. The Morgan fingerprint density at radius 3 is 2.29 bits per heavy atom. The second-order valence-corrected chi connectivity index (χ2v) is 12.2. The van der Waals surface area contributed by atoms with Gasteiger partial charge in [0.25, 0.3) is 11.5 Å². The van der Waals surface area contributed by atoms with E-state index in [0.717, 1.165) is 5.39 Å². The Bertz CT molecular complexity index is 2070. The molecule has 2 aromatic carbocycles. The first kappa shape index (κ1) is 36.5. The molecule has 0 saturated carbocycles. The summed E-state index contributed by atoms with van der Waals surface area (Å²) >= 11 is 0. The molecule has 16 nitrogen and oxygen atoms in total. The molecule has 3 heterocycles. The number of carbonyl (C=O) groups excluding carboxylic acids is 1. The van der Waals surface area contributed by atoms with Gasteiger partial charge in [0.1, 0.15) is 34.2 Å². The number of anilines is 1. The number of para-hydroxylation sites is 1. The van der Waals surface area contributed by atoms with E-state index in [2.05, 4.69) is 15.3 Å². The summed E-state index contributed by atoms with van der Waals surface area (Å²) in [5.41, 5.74) is 5.43. The summed E-state index contributed by atoms with van der Waals surface area (Å²) in [4.78, 5) is 69.2. The van der Waals surface area contributed by atoms with E-state index in [0.29, 0.717) is 34.1 Å². The second-order valence-electron chi connectivity index (χ2n) is 11.1. The van der Waals surface area contributed by atoms with Crippen molar-refractivity contribution in [1.82, 2.24) is 19.3 Å². The SMILES string of the molecule is COc1ccc2c(Oc3ccc(NC(=O)c4c(C)n(C[C@@H](C)[C@](C)(N)C(=O)O)n(-c5ccccc5)c4=O)nc3)ccnc2c1.O=P(O)(O)O. The van der Waals surface area contributed by atoms with Crippen LogP contribution in [0.1, 0.15) is 29.9 Å². The maximum Gasteiger partial charge on any atom is 0.466 e. The van der Waals surface area contributed by atoms with Gasteiger partial charge in [-0.15, -0.1) is 0 Å². The van der Waals surface area contributed by atoms with Crippen LogP contribution in [-0.4, -0.2) is 63.6 Å². The first-order valence-electron chi connectivity index (χ1n) is 14.6. The van der Waals surface area contributed by atoms with Crippen molar-refractivity contribution in [2.24, 2.45) is 11.7 Å². The number of ether oxygens (including phenoxy) is 2. The number of rotatable bonds is 10. The number of aliphatic carboxylic acids is 1. The van der Waals surface area contributed by atoms with Gasteiger partial charge in [0.2, 0.25) is 0 Å². The molecular weight excluding hydrogens is 659 g/mol. The van der Waals surface area contributed by atoms with Gasteiger partial charge in [-0.2, -0.15) is 0 Å². The molecule has 2 atom stereocenters. The Hall–Kier alpha value is -5.38. The Labute approximate surface area is 279 Å². The van der Waals surface area contributed by atoms with Gasteiger partial charge in [-0.25, -0.2) is 14.2 Å². The number of phosphoric acid groups is 1. The molecule has 0 bridgehead atoms. The molecule has 0 spiro atoms. The molecule has 258 valence electrons. The Kier molecular flexibility index (Phi) is 11.0. The van der Waals surface area contributed by atoms with E-state index < -0.39 is 36.7 Å². The predicted molar refractivity (Wildman–Crippen MR) is 179 cm³/mol. The zero-order valence-electron chi connectivity index (χ0n) is 26.8. The normalized spacial score (nSPS) is 13.1. The molecule has 1 amide bonds. The van der Waals surface area contributed by atoms with E-state index in [4.69, 9.17) is 34.5 Å². The van der Waals surface area contributed by atoms with Crippen molar-refractivity contribution >= 4 is 36.4 Å². The highest BCUT2D eigenvalue weighted by molar-refractivity contribution is 7.45. The number of pyridine rings is 2. The predicted octanol–water partition coefficient (Wildman–Crippen LogP) is 3.45. The molecule has 0 radical (unpaired) electrons. The molecule has 0 unspecified atom stereocenters. The van der Waals surface area contributed by atoms with E-state index in [1.54, 1.807) is 80.4 Å². The molecule has 0 aliphatic carbocycles. The van der Waals surface area contributed by atoms with Crippen molar-refractivity contribution in [2.45, 2.75) is 32.9 Å². The van der Waals surface area contributed by atoms with Crippen LogP contribution in [0, 0.1) is 12.8 Å². The number of aromatic nitrogens is 4. The highest BCUT2D eigenvalue weighted by atomic mass is 31.2. The van der Waals surface area contributed by atoms with Gasteiger partial charge in [0.05, 0.1) is 30.2 Å². The number of nitrogens with two attached hydrogens (primary N) is 1. The molecule has 3 aromatic heterocycles. The van der Waals surface area contributed by atoms with E-state index >= 15 is 0 Å². The molecule has 0 aliphatic rings. The van der Waals surface area contributed by atoms with Crippen LogP contribution in [0.3, 0.4) is 0 Å². The molecule has 0 saturated heterocycles. The largest absolute Gasteiger partial charge is 0.497 e. The third-order valence-corrected chi connectivity index (χ3v) is 7.67. The number of benzene rings is 2. The molecule has 0 aliphatic heterocycles. The Morgan fingerprint density at radius 2 is 1.69 bits per heavy atom. The monoisotopic (exact) mass is 694 g/mol. The zero-order valence-corrected chi connectivity index (χ0v) is 27.7. The van der Waals surface area contributed by atoms with Gasteiger partial charge in [0.15, 0.2) is 0 Å². The van der Waals surface area contributed by atoms with Crippen molar-refractivity contribution in [3.05, 3.63) is 101 Å². The van der Waals surface area contributed by atoms with Crippen LogP contribution in [0.4, 0.5) is 5.82 Å². The number of carboxylic acid groups (broad SMARTS) is 1. The van der Waals surface area contributed by atoms with E-state index in [1.165, 1.54) is 17.8 Å². The Morgan fingerprint density at radius 1 is 1.04 bits per heavy atom. The number of hydrogen-bond acceptors (Lipinski definition) is 9. The number of carboxylic acids is 1. The number of fused-ring (bicyclic) bond motifs is 1. The maximum atomic E-state index is 13.7. The third-order valence-electron chi connectivity index (χ3n) is 7.67. The molecule has 17 heteroatoms. The number of hydrogen-bond donors (Lipinski definition) is 6. The fourth-order valence-corrected chi connectivity index (χ4v) is 4.75. The fraction of sp³-hybridized carbons (Fsp3) is 0.219. The van der Waals surface area contributed by atoms with Crippen molar-refractivity contribution in [3.63, 3.8) is 0 Å². The average molecular weight is 695 g/mol. The second kappa shape index (κ2) is 14.8. The summed E-state index contributed by atoms with van der Waals surface area (Å²) in [7, 11) is -3.05. The number of nitrogens with one attached hydrogen (secondary N) is 1. The minimum atomic E-state index is -4.64. The third kappa shape index (κ3) is 8.76. The van der Waals surface area contributed by atoms with Crippen LogP contribution >= 0.6 is 7.82 Å². The van der Waals surface area contributed by atoms with Gasteiger partial charge in [-0.3, -0.25) is 24.0 Å². The Balaban J connectivity index is 0.00000101. The van der Waals surface area contributed by atoms with Crippen molar-refractivity contribution in [2.75, 3.05) is 12.4 Å². The summed E-state index contributed by atoms with van der Waals surface area (Å²) in [6.45, 7) is 4.82. The molecular formula is C32H35N6O10P. The highest BCUT2D eigenvalue weighted by Gasteiger charge is 2.36. The average Bonchev–Trinajstić information content (AvgIpc) is 3.29. The number of carbonyl (C=O) groups is 2. The fourth-order valence-electron chi connectivity index (χ4n) is 4.75. The first-order chi connectivity index (χ1) is 23.0. The quantitative estimate of drug-likeness (QED) is 0.115. The van der Waals surface area contributed by atoms with E-state index in [-0.39, 0.29) is 17.9 Å². The molecule has 7 N–H and O–H groups in total. The van der Waals surface area contributed by atoms with Crippen LogP contribution in [-0.2, 0) is 15.9 Å². The summed E-state index contributed by atoms with van der Waals surface area (Å²) in [6, 6.07) is 19.2. The number of amides is 1. The van der Waals surface area contributed by atoms with Crippen molar-refractivity contribution in [3.8, 4) is 22.9 Å². The topological polar surface area (TPSA) is 241 Å². The molecule has 49 heavy (non-hydrogen) atoms. The lowest BCUT2D eigenvalue weighted by molar-refractivity contribution is -0.144. The first-order valence-corrected chi connectivity index (χ1v) is 16.1. The van der Waals surface area contributed by atoms with Crippen LogP contribution in [0.2, 0.25) is 0 Å². The minimum absolute atomic E-state index is 0.0727. The summed E-state index contributed by atoms with van der Waals surface area (Å²) in [5.74, 6) is -0.538. The van der Waals surface area contributed by atoms with Crippen LogP contribution in [0.15, 0.2) is 83.9 Å². The van der Waals surface area contributed by atoms with Crippen molar-refractivity contribution in [1.29, 1.82) is 0 Å². The highest BCUT2D eigenvalue weighted by Crippen LogP contribution is 2.31. The van der Waals surface area contributed by atoms with Gasteiger partial charge in [-0.1, -0.05) is 25.1 Å². The van der Waals surface area contributed by atoms with Gasteiger partial charge in [0, 0.05) is 30.1 Å². The molecule has 5 rings (SSSR count). The van der Waals surface area contributed by atoms with Gasteiger partial charge >= 0.3 is 13.8 Å². The summed E-state index contributed by atoms with van der Waals surface area (Å²) < 4.78 is 23.1. The lowest BCUT2D eigenvalue weighted by atomic mass is 9.88. The number of methoxy groups -OCH3 is 1. The van der Waals surface area contributed by atoms with Crippen LogP contribution in [0.25, 0.3) is 16.6 Å². The van der Waals surface area contributed by atoms with Gasteiger partial charge < -0.3 is 40.3 Å². The van der Waals surface area contributed by atoms with E-state index in [9.17, 15) is 19.5 Å². The minimum Gasteiger partial charge on any atom is -0.497 e. The lowest BCUT2D eigenvalue weighted by Gasteiger charge is -2.28.